The van der Waals surface area contributed by atoms with Crippen molar-refractivity contribution in [3.05, 3.63) is 64.4 Å². The second-order valence-corrected chi connectivity index (χ2v) is 5.06. The van der Waals surface area contributed by atoms with Crippen LogP contribution in [0.5, 0.6) is 0 Å². The Labute approximate surface area is 124 Å². The first-order valence-electron chi connectivity index (χ1n) is 5.95. The fourth-order valence-electron chi connectivity index (χ4n) is 1.81. The molecule has 0 spiro atoms. The van der Waals surface area contributed by atoms with E-state index >= 15 is 0 Å². The van der Waals surface area contributed by atoms with Crippen LogP contribution in [0.1, 0.15) is 11.7 Å². The molecule has 0 radical (unpaired) electrons. The lowest BCUT2D eigenvalue weighted by Crippen LogP contribution is -2.23. The minimum Gasteiger partial charge on any atom is -0.367 e. The molecule has 0 aromatic heterocycles. The SMILES string of the molecule is CO[C@H](C(=O)Nc1ccc(Br)cc1F)c1ccccc1. The third-order valence-electron chi connectivity index (χ3n) is 2.77. The van der Waals surface area contributed by atoms with Gasteiger partial charge in [-0.2, -0.15) is 0 Å². The molecule has 0 aliphatic heterocycles. The van der Waals surface area contributed by atoms with E-state index in [-0.39, 0.29) is 5.69 Å². The quantitative estimate of drug-likeness (QED) is 0.918. The molecule has 3 nitrogen and oxygen atoms in total. The molecule has 20 heavy (non-hydrogen) atoms. The van der Waals surface area contributed by atoms with Gasteiger partial charge in [-0.3, -0.25) is 4.79 Å². The van der Waals surface area contributed by atoms with Crippen molar-refractivity contribution in [3.8, 4) is 0 Å². The average molecular weight is 338 g/mol. The molecule has 2 aromatic rings. The van der Waals surface area contributed by atoms with E-state index in [0.29, 0.717) is 10.0 Å². The Morgan fingerprint density at radius 2 is 1.95 bits per heavy atom. The fraction of sp³-hybridized carbons (Fsp3) is 0.133. The first kappa shape index (κ1) is 14.7. The van der Waals surface area contributed by atoms with Crippen LogP contribution in [0.4, 0.5) is 10.1 Å². The number of methoxy groups -OCH3 is 1. The Morgan fingerprint density at radius 1 is 1.25 bits per heavy atom. The predicted molar refractivity (Wildman–Crippen MR) is 78.9 cm³/mol. The maximum Gasteiger partial charge on any atom is 0.258 e. The monoisotopic (exact) mass is 337 g/mol. The van der Waals surface area contributed by atoms with Gasteiger partial charge in [0.1, 0.15) is 5.82 Å². The van der Waals surface area contributed by atoms with E-state index < -0.39 is 17.8 Å². The molecular formula is C15H13BrFNO2. The molecule has 0 unspecified atom stereocenters. The van der Waals surface area contributed by atoms with Gasteiger partial charge >= 0.3 is 0 Å². The molecule has 5 heteroatoms. The number of ether oxygens (including phenoxy) is 1. The van der Waals surface area contributed by atoms with Crippen molar-refractivity contribution in [2.75, 3.05) is 12.4 Å². The normalized spacial score (nSPS) is 11.9. The number of nitrogens with one attached hydrogen (secondary N) is 1. The summed E-state index contributed by atoms with van der Waals surface area (Å²) in [5, 5.41) is 2.53. The van der Waals surface area contributed by atoms with E-state index in [1.165, 1.54) is 19.2 Å². The lowest BCUT2D eigenvalue weighted by atomic mass is 10.1. The second-order valence-electron chi connectivity index (χ2n) is 4.14. The van der Waals surface area contributed by atoms with Crippen LogP contribution < -0.4 is 5.32 Å². The summed E-state index contributed by atoms with van der Waals surface area (Å²) in [6.45, 7) is 0. The minimum atomic E-state index is -0.778. The van der Waals surface area contributed by atoms with Crippen molar-refractivity contribution >= 4 is 27.5 Å². The van der Waals surface area contributed by atoms with Crippen LogP contribution in [-0.4, -0.2) is 13.0 Å². The van der Waals surface area contributed by atoms with Gasteiger partial charge in [0.15, 0.2) is 6.10 Å². The average Bonchev–Trinajstić information content (AvgIpc) is 2.44. The van der Waals surface area contributed by atoms with Gasteiger partial charge in [0.2, 0.25) is 0 Å². The van der Waals surface area contributed by atoms with Gasteiger partial charge in [0.05, 0.1) is 5.69 Å². The zero-order chi connectivity index (χ0) is 14.5. The number of benzene rings is 2. The number of hydrogen-bond acceptors (Lipinski definition) is 2. The molecule has 2 aromatic carbocycles. The number of rotatable bonds is 4. The molecule has 0 saturated carbocycles. The van der Waals surface area contributed by atoms with Crippen LogP contribution in [-0.2, 0) is 9.53 Å². The van der Waals surface area contributed by atoms with E-state index in [1.54, 1.807) is 18.2 Å². The Morgan fingerprint density at radius 3 is 2.55 bits per heavy atom. The summed E-state index contributed by atoms with van der Waals surface area (Å²) in [4.78, 5) is 12.2. The maximum absolute atomic E-state index is 13.7. The summed E-state index contributed by atoms with van der Waals surface area (Å²) in [7, 11) is 1.44. The van der Waals surface area contributed by atoms with E-state index in [9.17, 15) is 9.18 Å². The molecular weight excluding hydrogens is 325 g/mol. The van der Waals surface area contributed by atoms with Gasteiger partial charge in [-0.25, -0.2) is 4.39 Å². The van der Waals surface area contributed by atoms with Gasteiger partial charge in [-0.15, -0.1) is 0 Å². The number of carbonyl (C=O) groups excluding carboxylic acids is 1. The van der Waals surface area contributed by atoms with Crippen molar-refractivity contribution in [1.29, 1.82) is 0 Å². The van der Waals surface area contributed by atoms with E-state index in [2.05, 4.69) is 21.2 Å². The minimum absolute atomic E-state index is 0.121. The highest BCUT2D eigenvalue weighted by Gasteiger charge is 2.20. The third kappa shape index (κ3) is 3.43. The summed E-state index contributed by atoms with van der Waals surface area (Å²) >= 11 is 3.16. The number of carbonyl (C=O) groups is 1. The maximum atomic E-state index is 13.7. The standard InChI is InChI=1S/C15H13BrFNO2/c1-20-14(10-5-3-2-4-6-10)15(19)18-13-8-7-11(16)9-12(13)17/h2-9,14H,1H3,(H,18,19)/t14-/m0/s1. The zero-order valence-electron chi connectivity index (χ0n) is 10.8. The molecule has 104 valence electrons. The number of hydrogen-bond donors (Lipinski definition) is 1. The van der Waals surface area contributed by atoms with Crippen molar-refractivity contribution in [3.63, 3.8) is 0 Å². The summed E-state index contributed by atoms with van der Waals surface area (Å²) in [6.07, 6.45) is -0.778. The zero-order valence-corrected chi connectivity index (χ0v) is 12.4. The Kier molecular flexibility index (Phi) is 4.87. The van der Waals surface area contributed by atoms with Crippen LogP contribution in [0.15, 0.2) is 53.0 Å². The number of anilines is 1. The Hall–Kier alpha value is -1.72. The molecule has 0 fully saturated rings. The van der Waals surface area contributed by atoms with Crippen molar-refractivity contribution in [2.45, 2.75) is 6.10 Å². The predicted octanol–water partition coefficient (Wildman–Crippen LogP) is 3.91. The summed E-state index contributed by atoms with van der Waals surface area (Å²) in [5.41, 5.74) is 0.834. The van der Waals surface area contributed by atoms with Crippen LogP contribution in [0.25, 0.3) is 0 Å². The molecule has 0 aliphatic rings. The molecule has 0 bridgehead atoms. The first-order chi connectivity index (χ1) is 9.61. The largest absolute Gasteiger partial charge is 0.367 e. The molecule has 0 saturated heterocycles. The van der Waals surface area contributed by atoms with Gasteiger partial charge in [-0.1, -0.05) is 46.3 Å². The van der Waals surface area contributed by atoms with Gasteiger partial charge in [-0.05, 0) is 23.8 Å². The Bertz CT molecular complexity index is 604. The number of halogens is 2. The lowest BCUT2D eigenvalue weighted by molar-refractivity contribution is -0.126. The van der Waals surface area contributed by atoms with Crippen LogP contribution in [0, 0.1) is 5.82 Å². The molecule has 1 amide bonds. The van der Waals surface area contributed by atoms with Gasteiger partial charge in [0, 0.05) is 11.6 Å². The molecule has 0 aliphatic carbocycles. The summed E-state index contributed by atoms with van der Waals surface area (Å²) < 4.78 is 19.5. The summed E-state index contributed by atoms with van der Waals surface area (Å²) in [6, 6.07) is 13.5. The van der Waals surface area contributed by atoms with E-state index in [1.807, 2.05) is 18.2 Å². The molecule has 1 N–H and O–H groups in total. The highest BCUT2D eigenvalue weighted by atomic mass is 79.9. The topological polar surface area (TPSA) is 38.3 Å². The molecule has 0 heterocycles. The van der Waals surface area contributed by atoms with Crippen molar-refractivity contribution in [1.82, 2.24) is 0 Å². The van der Waals surface area contributed by atoms with Crippen molar-refractivity contribution < 1.29 is 13.9 Å². The number of amides is 1. The van der Waals surface area contributed by atoms with Crippen molar-refractivity contribution in [2.24, 2.45) is 0 Å². The van der Waals surface area contributed by atoms with Crippen LogP contribution in [0.2, 0.25) is 0 Å². The highest BCUT2D eigenvalue weighted by molar-refractivity contribution is 9.10. The third-order valence-corrected chi connectivity index (χ3v) is 3.26. The molecule has 2 rings (SSSR count). The summed E-state index contributed by atoms with van der Waals surface area (Å²) in [5.74, 6) is -0.921. The van der Waals surface area contributed by atoms with Crippen LogP contribution >= 0.6 is 15.9 Å². The highest BCUT2D eigenvalue weighted by Crippen LogP contribution is 2.22. The van der Waals surface area contributed by atoms with E-state index in [0.717, 1.165) is 0 Å². The molecule has 1 atom stereocenters. The Balaban J connectivity index is 2.18. The van der Waals surface area contributed by atoms with Gasteiger partial charge < -0.3 is 10.1 Å². The van der Waals surface area contributed by atoms with E-state index in [4.69, 9.17) is 4.74 Å². The fourth-order valence-corrected chi connectivity index (χ4v) is 2.14. The lowest BCUT2D eigenvalue weighted by Gasteiger charge is -2.16. The van der Waals surface area contributed by atoms with Crippen LogP contribution in [0.3, 0.4) is 0 Å². The first-order valence-corrected chi connectivity index (χ1v) is 6.75. The van der Waals surface area contributed by atoms with Gasteiger partial charge in [0.25, 0.3) is 5.91 Å². The second kappa shape index (κ2) is 6.63. The smallest absolute Gasteiger partial charge is 0.258 e.